The zero-order valence-electron chi connectivity index (χ0n) is 21.3. The Morgan fingerprint density at radius 3 is 2.31 bits per heavy atom. The average Bonchev–Trinajstić information content (AvgIpc) is 2.88. The van der Waals surface area contributed by atoms with E-state index >= 15 is 0 Å². The highest BCUT2D eigenvalue weighted by molar-refractivity contribution is 5.96. The summed E-state index contributed by atoms with van der Waals surface area (Å²) in [6.07, 6.45) is 1.48. The van der Waals surface area contributed by atoms with E-state index in [2.05, 4.69) is 17.1 Å². The summed E-state index contributed by atoms with van der Waals surface area (Å²) in [6.45, 7) is 3.27. The van der Waals surface area contributed by atoms with Crippen LogP contribution in [0.1, 0.15) is 31.7 Å². The predicted octanol–water partition coefficient (Wildman–Crippen LogP) is 3.20. The second-order valence-corrected chi connectivity index (χ2v) is 9.40. The number of ketones is 1. The van der Waals surface area contributed by atoms with Crippen LogP contribution in [0.15, 0.2) is 42.5 Å². The molecule has 2 heterocycles. The molecule has 3 aromatic rings. The largest absolute Gasteiger partial charge is 0.493 e. The van der Waals surface area contributed by atoms with Crippen molar-refractivity contribution >= 4 is 34.4 Å². The molecule has 0 saturated carbocycles. The molecule has 9 nitrogen and oxygen atoms in total. The zero-order chi connectivity index (χ0) is 25.9. The summed E-state index contributed by atoms with van der Waals surface area (Å²) < 4.78 is 10.8. The lowest BCUT2D eigenvalue weighted by atomic mass is 9.72. The number of hydrogen-bond donors (Lipinski definition) is 1. The molecule has 0 bridgehead atoms. The Labute approximate surface area is 211 Å². The van der Waals surface area contributed by atoms with Crippen LogP contribution >= 0.6 is 0 Å². The summed E-state index contributed by atoms with van der Waals surface area (Å²) >= 11 is 0. The molecule has 1 amide bonds. The van der Waals surface area contributed by atoms with Gasteiger partial charge in [0.2, 0.25) is 11.9 Å². The third-order valence-electron chi connectivity index (χ3n) is 6.96. The fraction of sp³-hybridized carbons (Fsp3) is 0.407. The Morgan fingerprint density at radius 2 is 1.69 bits per heavy atom. The lowest BCUT2D eigenvalue weighted by Gasteiger charge is -2.44. The van der Waals surface area contributed by atoms with Gasteiger partial charge in [0.25, 0.3) is 0 Å². The van der Waals surface area contributed by atoms with Crippen LogP contribution in [-0.2, 0) is 15.0 Å². The molecule has 190 valence electrons. The van der Waals surface area contributed by atoms with Gasteiger partial charge < -0.3 is 25.0 Å². The number of carbonyl (C=O) groups is 2. The van der Waals surface area contributed by atoms with Gasteiger partial charge in [-0.3, -0.25) is 9.59 Å². The van der Waals surface area contributed by atoms with Gasteiger partial charge >= 0.3 is 0 Å². The first-order valence-electron chi connectivity index (χ1n) is 12.0. The number of rotatable bonds is 8. The lowest BCUT2D eigenvalue weighted by Crippen LogP contribution is -2.50. The van der Waals surface area contributed by atoms with Crippen LogP contribution in [0, 0.1) is 0 Å². The first-order valence-corrected chi connectivity index (χ1v) is 12.0. The number of benzene rings is 2. The van der Waals surface area contributed by atoms with Gasteiger partial charge in [0.05, 0.1) is 26.2 Å². The highest BCUT2D eigenvalue weighted by Crippen LogP contribution is 2.38. The number of nitrogen functional groups attached to an aromatic ring is 1. The Hall–Kier alpha value is -3.88. The second-order valence-electron chi connectivity index (χ2n) is 9.40. The number of piperidine rings is 1. The standard InChI is InChI=1S/C27H33N5O4/c1-18(33)14-24(34)32-12-10-27(11-13-32,19-8-6-5-7-9-19)17-31(2)26-29-21-16-23(36-4)22(35-3)15-20(21)25(28)30-26/h5-9,15-16H,10-14,17H2,1-4H3,(H2,28,29,30). The second kappa shape index (κ2) is 10.4. The molecule has 1 fully saturated rings. The maximum atomic E-state index is 12.5. The number of nitrogens with two attached hydrogens (primary N) is 1. The van der Waals surface area contributed by atoms with E-state index in [4.69, 9.17) is 20.2 Å². The average molecular weight is 492 g/mol. The van der Waals surface area contributed by atoms with E-state index in [0.29, 0.717) is 53.8 Å². The van der Waals surface area contributed by atoms with Crippen molar-refractivity contribution in [2.45, 2.75) is 31.6 Å². The summed E-state index contributed by atoms with van der Waals surface area (Å²) in [7, 11) is 5.11. The van der Waals surface area contributed by atoms with Gasteiger partial charge in [-0.1, -0.05) is 30.3 Å². The van der Waals surface area contributed by atoms with Gasteiger partial charge in [0, 0.05) is 43.5 Å². The summed E-state index contributed by atoms with van der Waals surface area (Å²) in [5.41, 5.74) is 7.99. The highest BCUT2D eigenvalue weighted by Gasteiger charge is 2.39. The maximum Gasteiger partial charge on any atom is 0.230 e. The number of nitrogens with zero attached hydrogens (tertiary/aromatic N) is 4. The van der Waals surface area contributed by atoms with E-state index in [9.17, 15) is 9.59 Å². The molecular formula is C27H33N5O4. The van der Waals surface area contributed by atoms with Crippen LogP contribution in [0.25, 0.3) is 10.9 Å². The van der Waals surface area contributed by atoms with E-state index in [0.717, 1.165) is 12.8 Å². The van der Waals surface area contributed by atoms with Crippen LogP contribution in [0.3, 0.4) is 0 Å². The first kappa shape index (κ1) is 25.2. The third kappa shape index (κ3) is 5.05. The van der Waals surface area contributed by atoms with Crippen LogP contribution in [-0.4, -0.2) is 67.5 Å². The van der Waals surface area contributed by atoms with E-state index in [1.807, 2.05) is 30.1 Å². The molecule has 36 heavy (non-hydrogen) atoms. The van der Waals surface area contributed by atoms with Gasteiger partial charge in [-0.15, -0.1) is 0 Å². The minimum absolute atomic E-state index is 0.0449. The van der Waals surface area contributed by atoms with Crippen molar-refractivity contribution in [2.24, 2.45) is 0 Å². The fourth-order valence-electron chi connectivity index (χ4n) is 5.00. The van der Waals surface area contributed by atoms with Gasteiger partial charge in [0.1, 0.15) is 11.6 Å². The molecule has 2 aromatic carbocycles. The van der Waals surface area contributed by atoms with Gasteiger partial charge in [0.15, 0.2) is 11.5 Å². The minimum atomic E-state index is -0.215. The van der Waals surface area contributed by atoms with E-state index < -0.39 is 0 Å². The molecule has 0 aliphatic carbocycles. The Balaban J connectivity index is 1.63. The smallest absolute Gasteiger partial charge is 0.230 e. The lowest BCUT2D eigenvalue weighted by molar-refractivity contribution is -0.136. The number of anilines is 2. The van der Waals surface area contributed by atoms with E-state index in [1.54, 1.807) is 31.3 Å². The van der Waals surface area contributed by atoms with Gasteiger partial charge in [-0.2, -0.15) is 4.98 Å². The predicted molar refractivity (Wildman–Crippen MR) is 140 cm³/mol. The van der Waals surface area contributed by atoms with Crippen molar-refractivity contribution in [3.63, 3.8) is 0 Å². The molecule has 9 heteroatoms. The summed E-state index contributed by atoms with van der Waals surface area (Å²) in [6, 6.07) is 13.9. The maximum absolute atomic E-state index is 12.5. The molecule has 0 atom stereocenters. The number of likely N-dealkylation sites (tertiary alicyclic amines) is 1. The summed E-state index contributed by atoms with van der Waals surface area (Å²) in [5, 5.41) is 0.694. The first-order chi connectivity index (χ1) is 17.3. The molecule has 1 aromatic heterocycles. The van der Waals surface area contributed by atoms with Gasteiger partial charge in [-0.25, -0.2) is 4.98 Å². The zero-order valence-corrected chi connectivity index (χ0v) is 21.3. The third-order valence-corrected chi connectivity index (χ3v) is 6.96. The van der Waals surface area contributed by atoms with Crippen molar-refractivity contribution in [1.29, 1.82) is 0 Å². The van der Waals surface area contributed by atoms with Crippen molar-refractivity contribution in [3.05, 3.63) is 48.0 Å². The van der Waals surface area contributed by atoms with E-state index in [-0.39, 0.29) is 23.5 Å². The number of amides is 1. The SMILES string of the molecule is COc1cc2nc(N(C)CC3(c4ccccc4)CCN(C(=O)CC(C)=O)CC3)nc(N)c2cc1OC. The molecule has 1 saturated heterocycles. The topological polar surface area (TPSA) is 111 Å². The van der Waals surface area contributed by atoms with Crippen LogP contribution in [0.5, 0.6) is 11.5 Å². The number of hydrogen-bond acceptors (Lipinski definition) is 8. The number of aromatic nitrogens is 2. The number of fused-ring (bicyclic) bond motifs is 1. The molecule has 1 aliphatic heterocycles. The van der Waals surface area contributed by atoms with Crippen LogP contribution in [0.4, 0.5) is 11.8 Å². The molecular weight excluding hydrogens is 458 g/mol. The number of ether oxygens (including phenoxy) is 2. The monoisotopic (exact) mass is 491 g/mol. The Bertz CT molecular complexity index is 1260. The Morgan fingerprint density at radius 1 is 1.06 bits per heavy atom. The molecule has 2 N–H and O–H groups in total. The number of methoxy groups -OCH3 is 2. The molecule has 0 radical (unpaired) electrons. The normalized spacial score (nSPS) is 14.9. The van der Waals surface area contributed by atoms with E-state index in [1.165, 1.54) is 12.5 Å². The van der Waals surface area contributed by atoms with Crippen LogP contribution in [0.2, 0.25) is 0 Å². The fourth-order valence-corrected chi connectivity index (χ4v) is 5.00. The summed E-state index contributed by atoms with van der Waals surface area (Å²) in [5.74, 6) is 1.79. The number of likely N-dealkylation sites (N-methyl/N-ethyl adjacent to an activating group) is 1. The Kier molecular flexibility index (Phi) is 7.28. The minimum Gasteiger partial charge on any atom is -0.493 e. The van der Waals surface area contributed by atoms with Crippen molar-refractivity contribution < 1.29 is 19.1 Å². The number of carbonyl (C=O) groups excluding carboxylic acids is 2. The van der Waals surface area contributed by atoms with Crippen LogP contribution < -0.4 is 20.1 Å². The van der Waals surface area contributed by atoms with Crippen molar-refractivity contribution in [2.75, 3.05) is 51.5 Å². The molecule has 1 aliphatic rings. The molecule has 4 rings (SSSR count). The number of Topliss-reactive ketones (excluding diaryl/α,β-unsaturated/α-hetero) is 1. The van der Waals surface area contributed by atoms with Crippen molar-refractivity contribution in [3.8, 4) is 11.5 Å². The highest BCUT2D eigenvalue weighted by atomic mass is 16.5. The quantitative estimate of drug-likeness (QED) is 0.478. The molecule has 0 unspecified atom stereocenters. The van der Waals surface area contributed by atoms with Crippen molar-refractivity contribution in [1.82, 2.24) is 14.9 Å². The molecule has 0 spiro atoms. The van der Waals surface area contributed by atoms with Gasteiger partial charge in [-0.05, 0) is 31.4 Å². The summed E-state index contributed by atoms with van der Waals surface area (Å²) in [4.78, 5) is 37.1.